The van der Waals surface area contributed by atoms with Crippen molar-refractivity contribution in [2.45, 2.75) is 38.3 Å². The van der Waals surface area contributed by atoms with E-state index in [0.29, 0.717) is 12.3 Å². The van der Waals surface area contributed by atoms with Gasteiger partial charge in [0.2, 0.25) is 0 Å². The number of aliphatic hydroxyl groups is 1. The molecule has 1 unspecified atom stereocenters. The quantitative estimate of drug-likeness (QED) is 0.681. The number of hydrogen-bond donors (Lipinski definition) is 1. The number of aryl methyl sites for hydroxylation is 1. The van der Waals surface area contributed by atoms with Crippen LogP contribution in [0.4, 0.5) is 5.69 Å². The molecule has 0 fully saturated rings. The molecular weight excluding hydrogens is 432 g/mol. The van der Waals surface area contributed by atoms with Crippen LogP contribution in [0.15, 0.2) is 42.5 Å². The Morgan fingerprint density at radius 2 is 1.76 bits per heavy atom. The monoisotopic (exact) mass is 460 g/mol. The lowest BCUT2D eigenvalue weighted by Crippen LogP contribution is -3.00. The third-order valence-electron chi connectivity index (χ3n) is 5.87. The van der Waals surface area contributed by atoms with E-state index in [0.717, 1.165) is 42.8 Å². The molecule has 2 heterocycles. The molecule has 0 aromatic heterocycles. The molecular formula is C23H29BrN2O3. The van der Waals surface area contributed by atoms with Crippen LogP contribution >= 0.6 is 0 Å². The number of halogens is 1. The normalized spacial score (nSPS) is 21.3. The molecule has 29 heavy (non-hydrogen) atoms. The van der Waals surface area contributed by atoms with Gasteiger partial charge in [0.05, 0.1) is 20.8 Å². The Bertz CT molecular complexity index is 897. The third-order valence-corrected chi connectivity index (χ3v) is 5.87. The average molecular weight is 461 g/mol. The maximum Gasteiger partial charge on any atom is 0.275 e. The molecule has 0 bridgehead atoms. The molecule has 2 aromatic carbocycles. The van der Waals surface area contributed by atoms with Crippen molar-refractivity contribution >= 4 is 11.5 Å². The van der Waals surface area contributed by atoms with E-state index in [1.807, 2.05) is 30.3 Å². The van der Waals surface area contributed by atoms with Gasteiger partial charge in [-0.3, -0.25) is 4.58 Å². The fourth-order valence-electron chi connectivity index (χ4n) is 4.37. The zero-order valence-corrected chi connectivity index (χ0v) is 18.9. The summed E-state index contributed by atoms with van der Waals surface area (Å²) in [4.78, 5) is 2.08. The smallest absolute Gasteiger partial charge is 0.275 e. The van der Waals surface area contributed by atoms with Crippen molar-refractivity contribution < 1.29 is 36.1 Å². The highest BCUT2D eigenvalue weighted by Crippen LogP contribution is 2.43. The van der Waals surface area contributed by atoms with Crippen LogP contribution in [0.5, 0.6) is 11.5 Å². The van der Waals surface area contributed by atoms with Gasteiger partial charge >= 0.3 is 0 Å². The third kappa shape index (κ3) is 3.88. The van der Waals surface area contributed by atoms with Gasteiger partial charge in [0.1, 0.15) is 5.75 Å². The lowest BCUT2D eigenvalue weighted by atomic mass is 9.98. The number of hydrogen-bond acceptors (Lipinski definition) is 4. The summed E-state index contributed by atoms with van der Waals surface area (Å²) in [7, 11) is 3.31. The van der Waals surface area contributed by atoms with Gasteiger partial charge in [0.15, 0.2) is 18.0 Å². The number of nitrogens with zero attached hydrogens (tertiary/aromatic N) is 2. The second kappa shape index (κ2) is 8.76. The molecule has 2 aliphatic rings. The Hall–Kier alpha value is -2.05. The molecule has 2 aromatic rings. The largest absolute Gasteiger partial charge is 1.00 e. The number of ether oxygens (including phenoxy) is 2. The van der Waals surface area contributed by atoms with Crippen LogP contribution in [-0.4, -0.2) is 42.8 Å². The first kappa shape index (κ1) is 21.7. The van der Waals surface area contributed by atoms with Gasteiger partial charge in [-0.2, -0.15) is 4.90 Å². The van der Waals surface area contributed by atoms with Crippen LogP contribution in [-0.2, 0) is 5.72 Å². The lowest BCUT2D eigenvalue weighted by Gasteiger charge is -2.30. The zero-order chi connectivity index (χ0) is 19.7. The number of benzene rings is 2. The number of amidine groups is 1. The first-order chi connectivity index (χ1) is 13.6. The molecule has 2 aliphatic heterocycles. The summed E-state index contributed by atoms with van der Waals surface area (Å²) >= 11 is 0. The Morgan fingerprint density at radius 3 is 2.45 bits per heavy atom. The van der Waals surface area contributed by atoms with E-state index in [2.05, 4.69) is 28.5 Å². The van der Waals surface area contributed by atoms with Gasteiger partial charge in [-0.15, -0.1) is 0 Å². The van der Waals surface area contributed by atoms with Crippen molar-refractivity contribution in [3.05, 3.63) is 53.6 Å². The van der Waals surface area contributed by atoms with Crippen LogP contribution in [0.25, 0.3) is 0 Å². The molecule has 0 amide bonds. The first-order valence-electron chi connectivity index (χ1n) is 9.99. The van der Waals surface area contributed by atoms with E-state index < -0.39 is 5.72 Å². The Balaban J connectivity index is 0.00000240. The van der Waals surface area contributed by atoms with Crippen molar-refractivity contribution in [2.75, 3.05) is 32.2 Å². The molecule has 0 radical (unpaired) electrons. The van der Waals surface area contributed by atoms with E-state index in [-0.39, 0.29) is 17.0 Å². The molecule has 0 saturated heterocycles. The van der Waals surface area contributed by atoms with Crippen LogP contribution in [0.1, 0.15) is 36.8 Å². The predicted molar refractivity (Wildman–Crippen MR) is 111 cm³/mol. The molecule has 1 atom stereocenters. The maximum absolute atomic E-state index is 12.0. The molecule has 0 saturated carbocycles. The topological polar surface area (TPSA) is 44.9 Å². The van der Waals surface area contributed by atoms with Crippen LogP contribution in [0.3, 0.4) is 0 Å². The minimum atomic E-state index is -1.14. The number of anilines is 1. The highest BCUT2D eigenvalue weighted by atomic mass is 79.9. The van der Waals surface area contributed by atoms with Gasteiger partial charge in [-0.1, -0.05) is 29.8 Å². The minimum absolute atomic E-state index is 0. The van der Waals surface area contributed by atoms with E-state index in [9.17, 15) is 5.11 Å². The molecule has 5 nitrogen and oxygen atoms in total. The van der Waals surface area contributed by atoms with Crippen molar-refractivity contribution in [3.8, 4) is 11.5 Å². The summed E-state index contributed by atoms with van der Waals surface area (Å²) in [6.45, 7) is 3.59. The molecule has 156 valence electrons. The van der Waals surface area contributed by atoms with E-state index in [4.69, 9.17) is 9.47 Å². The maximum atomic E-state index is 12.0. The van der Waals surface area contributed by atoms with Crippen LogP contribution in [0.2, 0.25) is 0 Å². The molecule has 6 heteroatoms. The average Bonchev–Trinajstić information content (AvgIpc) is 2.84. The minimum Gasteiger partial charge on any atom is -1.00 e. The summed E-state index contributed by atoms with van der Waals surface area (Å²) in [5.41, 5.74) is 1.81. The molecule has 4 rings (SSSR count). The van der Waals surface area contributed by atoms with Gasteiger partial charge in [0, 0.05) is 18.1 Å². The number of rotatable bonds is 4. The fourth-order valence-corrected chi connectivity index (χ4v) is 4.37. The van der Waals surface area contributed by atoms with Crippen molar-refractivity contribution in [1.29, 1.82) is 0 Å². The zero-order valence-electron chi connectivity index (χ0n) is 17.3. The molecule has 1 N–H and O–H groups in total. The van der Waals surface area contributed by atoms with Crippen molar-refractivity contribution in [1.82, 2.24) is 0 Å². The fraction of sp³-hybridized carbons (Fsp3) is 0.435. The van der Waals surface area contributed by atoms with Crippen LogP contribution in [0, 0.1) is 6.92 Å². The van der Waals surface area contributed by atoms with Crippen molar-refractivity contribution in [2.24, 2.45) is 0 Å². The van der Waals surface area contributed by atoms with Gasteiger partial charge in [-0.05, 0) is 38.3 Å². The summed E-state index contributed by atoms with van der Waals surface area (Å²) in [6.07, 6.45) is 4.45. The highest BCUT2D eigenvalue weighted by molar-refractivity contribution is 5.98. The molecule has 0 spiro atoms. The van der Waals surface area contributed by atoms with E-state index in [1.54, 1.807) is 14.2 Å². The second-order valence-electron chi connectivity index (χ2n) is 7.70. The lowest BCUT2D eigenvalue weighted by molar-refractivity contribution is -0.534. The first-order valence-corrected chi connectivity index (χ1v) is 9.99. The number of methoxy groups -OCH3 is 2. The van der Waals surface area contributed by atoms with Gasteiger partial charge in [-0.25, -0.2) is 0 Å². The summed E-state index contributed by atoms with van der Waals surface area (Å²) in [5.74, 6) is 2.61. The summed E-state index contributed by atoms with van der Waals surface area (Å²) in [6, 6.07) is 14.0. The molecule has 0 aliphatic carbocycles. The highest BCUT2D eigenvalue weighted by Gasteiger charge is 2.54. The summed E-state index contributed by atoms with van der Waals surface area (Å²) in [5, 5.41) is 12.0. The Kier molecular flexibility index (Phi) is 6.54. The standard InChI is InChI=1S/C23H29N2O3.BrH/c1-17-8-10-18(11-9-17)23(26)16-24-14-6-4-5-7-22(24)25(23)20-13-12-19(27-2)15-21(20)28-3;/h8-13,15,26H,4-7,14,16H2,1-3H3;1H/q+1;/p-1. The van der Waals surface area contributed by atoms with E-state index >= 15 is 0 Å². The Morgan fingerprint density at radius 1 is 1.00 bits per heavy atom. The van der Waals surface area contributed by atoms with E-state index in [1.165, 1.54) is 17.8 Å². The summed E-state index contributed by atoms with van der Waals surface area (Å²) < 4.78 is 13.4. The van der Waals surface area contributed by atoms with Gasteiger partial charge in [0.25, 0.3) is 11.6 Å². The van der Waals surface area contributed by atoms with Crippen molar-refractivity contribution in [3.63, 3.8) is 0 Å². The predicted octanol–water partition coefficient (Wildman–Crippen LogP) is 0.667. The van der Waals surface area contributed by atoms with Crippen LogP contribution < -0.4 is 31.4 Å². The Labute approximate surface area is 183 Å². The van der Waals surface area contributed by atoms with Gasteiger partial charge < -0.3 is 31.6 Å². The second-order valence-corrected chi connectivity index (χ2v) is 7.70. The SMILES string of the molecule is COc1ccc(N2C3=[N+](CCCCC3)CC2(O)c2ccc(C)cc2)c(OC)c1.[Br-].